The fourth-order valence-electron chi connectivity index (χ4n) is 2.68. The third-order valence-corrected chi connectivity index (χ3v) is 4.19. The van der Waals surface area contributed by atoms with Crippen molar-refractivity contribution in [3.05, 3.63) is 64.9 Å². The molecule has 142 valence electrons. The first-order valence-corrected chi connectivity index (χ1v) is 8.94. The van der Waals surface area contributed by atoms with Crippen LogP contribution in [-0.4, -0.2) is 31.1 Å². The zero-order valence-corrected chi connectivity index (χ0v) is 18.7. The number of benzene rings is 1. The van der Waals surface area contributed by atoms with Gasteiger partial charge in [-0.1, -0.05) is 43.6 Å². The number of pyridine rings is 1. The normalized spacial score (nSPS) is 11.6. The van der Waals surface area contributed by atoms with E-state index in [1.165, 1.54) is 11.1 Å². The molecule has 0 aliphatic heterocycles. The van der Waals surface area contributed by atoms with Crippen LogP contribution in [0.2, 0.25) is 5.02 Å². The van der Waals surface area contributed by atoms with Crippen LogP contribution >= 0.6 is 35.6 Å². The number of nitrogens with one attached hydrogen (secondary N) is 2. The first kappa shape index (κ1) is 22.7. The van der Waals surface area contributed by atoms with Gasteiger partial charge in [-0.05, 0) is 47.6 Å². The van der Waals surface area contributed by atoms with Gasteiger partial charge in [0.15, 0.2) is 5.96 Å². The highest BCUT2D eigenvalue weighted by molar-refractivity contribution is 14.0. The Morgan fingerprint density at radius 2 is 1.92 bits per heavy atom. The standard InChI is InChI=1S/C20H27ClN4.HI/c1-20(2,13-17-6-4-8-18(21)12-17)15-25-19(22-3)24-11-9-16-7-5-10-23-14-16;/h4-8,10,12,14H,9,11,13,15H2,1-3H3,(H2,22,24,25);1H. The minimum absolute atomic E-state index is 0. The molecular weight excluding hydrogens is 459 g/mol. The fourth-order valence-corrected chi connectivity index (χ4v) is 2.89. The summed E-state index contributed by atoms with van der Waals surface area (Å²) in [6, 6.07) is 12.1. The van der Waals surface area contributed by atoms with Gasteiger partial charge in [0.1, 0.15) is 0 Å². The number of aliphatic imine (C=N–C) groups is 1. The molecule has 0 saturated carbocycles. The van der Waals surface area contributed by atoms with Crippen molar-refractivity contribution in [2.45, 2.75) is 26.7 Å². The van der Waals surface area contributed by atoms with E-state index in [0.717, 1.165) is 36.9 Å². The summed E-state index contributed by atoms with van der Waals surface area (Å²) in [5, 5.41) is 7.56. The van der Waals surface area contributed by atoms with E-state index in [1.807, 2.05) is 30.5 Å². The van der Waals surface area contributed by atoms with Gasteiger partial charge < -0.3 is 10.6 Å². The first-order valence-electron chi connectivity index (χ1n) is 8.56. The lowest BCUT2D eigenvalue weighted by atomic mass is 9.86. The fraction of sp³-hybridized carbons (Fsp3) is 0.400. The van der Waals surface area contributed by atoms with E-state index >= 15 is 0 Å². The van der Waals surface area contributed by atoms with E-state index in [1.54, 1.807) is 13.2 Å². The molecule has 0 aliphatic rings. The maximum absolute atomic E-state index is 6.08. The van der Waals surface area contributed by atoms with Gasteiger partial charge in [0.25, 0.3) is 0 Å². The Balaban J connectivity index is 0.00000338. The molecule has 0 atom stereocenters. The summed E-state index contributed by atoms with van der Waals surface area (Å²) < 4.78 is 0. The molecule has 1 aromatic heterocycles. The van der Waals surface area contributed by atoms with E-state index in [-0.39, 0.29) is 29.4 Å². The topological polar surface area (TPSA) is 49.3 Å². The van der Waals surface area contributed by atoms with Gasteiger partial charge in [0, 0.05) is 37.6 Å². The predicted molar refractivity (Wildman–Crippen MR) is 122 cm³/mol. The van der Waals surface area contributed by atoms with Gasteiger partial charge in [-0.15, -0.1) is 24.0 Å². The van der Waals surface area contributed by atoms with E-state index in [9.17, 15) is 0 Å². The molecule has 0 amide bonds. The highest BCUT2D eigenvalue weighted by Gasteiger charge is 2.19. The Hall–Kier alpha value is -1.34. The molecular formula is C20H28ClIN4. The molecule has 0 saturated heterocycles. The number of hydrogen-bond acceptors (Lipinski definition) is 2. The van der Waals surface area contributed by atoms with Crippen LogP contribution in [0.1, 0.15) is 25.0 Å². The number of halogens is 2. The van der Waals surface area contributed by atoms with Crippen LogP contribution in [0.3, 0.4) is 0 Å². The molecule has 0 radical (unpaired) electrons. The quantitative estimate of drug-likeness (QED) is 0.348. The summed E-state index contributed by atoms with van der Waals surface area (Å²) in [4.78, 5) is 8.44. The third-order valence-electron chi connectivity index (χ3n) is 3.96. The van der Waals surface area contributed by atoms with Gasteiger partial charge in [-0.3, -0.25) is 9.98 Å². The van der Waals surface area contributed by atoms with Crippen LogP contribution in [0.5, 0.6) is 0 Å². The van der Waals surface area contributed by atoms with Crippen molar-refractivity contribution >= 4 is 41.5 Å². The van der Waals surface area contributed by atoms with Gasteiger partial charge in [-0.2, -0.15) is 0 Å². The zero-order chi connectivity index (χ0) is 18.1. The summed E-state index contributed by atoms with van der Waals surface area (Å²) in [5.74, 6) is 0.822. The summed E-state index contributed by atoms with van der Waals surface area (Å²) in [6.07, 6.45) is 5.55. The number of rotatable bonds is 7. The second-order valence-electron chi connectivity index (χ2n) is 6.93. The van der Waals surface area contributed by atoms with Crippen LogP contribution in [-0.2, 0) is 12.8 Å². The number of aromatic nitrogens is 1. The van der Waals surface area contributed by atoms with Crippen LogP contribution in [0.15, 0.2) is 53.8 Å². The van der Waals surface area contributed by atoms with Gasteiger partial charge in [-0.25, -0.2) is 0 Å². The SMILES string of the molecule is CN=C(NCCc1cccnc1)NCC(C)(C)Cc1cccc(Cl)c1.I. The molecule has 2 aromatic rings. The van der Waals surface area contributed by atoms with Crippen molar-refractivity contribution in [3.8, 4) is 0 Å². The number of nitrogens with zero attached hydrogens (tertiary/aromatic N) is 2. The molecule has 2 N–H and O–H groups in total. The van der Waals surface area contributed by atoms with Crippen molar-refractivity contribution in [1.82, 2.24) is 15.6 Å². The molecule has 0 bridgehead atoms. The summed E-state index contributed by atoms with van der Waals surface area (Å²) >= 11 is 6.08. The van der Waals surface area contributed by atoms with Crippen LogP contribution in [0, 0.1) is 5.41 Å². The molecule has 0 aliphatic carbocycles. The Labute approximate surface area is 178 Å². The van der Waals surface area contributed by atoms with Crippen molar-refractivity contribution < 1.29 is 0 Å². The average molecular weight is 487 g/mol. The Bertz CT molecular complexity index is 689. The van der Waals surface area contributed by atoms with Gasteiger partial charge in [0.05, 0.1) is 0 Å². The largest absolute Gasteiger partial charge is 0.356 e. The second-order valence-corrected chi connectivity index (χ2v) is 7.37. The number of guanidine groups is 1. The first-order chi connectivity index (χ1) is 12.0. The van der Waals surface area contributed by atoms with Crippen LogP contribution in [0.25, 0.3) is 0 Å². The highest BCUT2D eigenvalue weighted by Crippen LogP contribution is 2.22. The van der Waals surface area contributed by atoms with Gasteiger partial charge >= 0.3 is 0 Å². The van der Waals surface area contributed by atoms with Crippen LogP contribution in [0.4, 0.5) is 0 Å². The average Bonchev–Trinajstić information content (AvgIpc) is 2.58. The van der Waals surface area contributed by atoms with E-state index in [4.69, 9.17) is 11.6 Å². The van der Waals surface area contributed by atoms with E-state index in [0.29, 0.717) is 0 Å². The van der Waals surface area contributed by atoms with Crippen molar-refractivity contribution in [1.29, 1.82) is 0 Å². The summed E-state index contributed by atoms with van der Waals surface area (Å²) in [6.45, 7) is 6.12. The molecule has 0 unspecified atom stereocenters. The summed E-state index contributed by atoms with van der Waals surface area (Å²) in [7, 11) is 1.80. The lowest BCUT2D eigenvalue weighted by Gasteiger charge is -2.26. The molecule has 6 heteroatoms. The van der Waals surface area contributed by atoms with Crippen LogP contribution < -0.4 is 10.6 Å². The molecule has 4 nitrogen and oxygen atoms in total. The van der Waals surface area contributed by atoms with E-state index in [2.05, 4.69) is 46.6 Å². The number of hydrogen-bond donors (Lipinski definition) is 2. The van der Waals surface area contributed by atoms with Crippen molar-refractivity contribution in [3.63, 3.8) is 0 Å². The molecule has 2 rings (SSSR count). The van der Waals surface area contributed by atoms with E-state index < -0.39 is 0 Å². The maximum atomic E-state index is 6.08. The maximum Gasteiger partial charge on any atom is 0.191 e. The lowest BCUT2D eigenvalue weighted by molar-refractivity contribution is 0.359. The predicted octanol–water partition coefficient (Wildman–Crippen LogP) is 4.33. The molecule has 1 aromatic carbocycles. The molecule has 1 heterocycles. The van der Waals surface area contributed by atoms with Gasteiger partial charge in [0.2, 0.25) is 0 Å². The van der Waals surface area contributed by atoms with Crippen molar-refractivity contribution in [2.75, 3.05) is 20.1 Å². The molecule has 0 fully saturated rings. The molecule has 26 heavy (non-hydrogen) atoms. The Kier molecular flexibility index (Phi) is 9.94. The summed E-state index contributed by atoms with van der Waals surface area (Å²) in [5.41, 5.74) is 2.55. The lowest BCUT2D eigenvalue weighted by Crippen LogP contribution is -2.43. The van der Waals surface area contributed by atoms with Crippen molar-refractivity contribution in [2.24, 2.45) is 10.4 Å². The Morgan fingerprint density at radius 3 is 2.58 bits per heavy atom. The Morgan fingerprint density at radius 1 is 1.15 bits per heavy atom. The highest BCUT2D eigenvalue weighted by atomic mass is 127. The third kappa shape index (κ3) is 8.36. The monoisotopic (exact) mass is 486 g/mol. The zero-order valence-electron chi connectivity index (χ0n) is 15.6. The molecule has 0 spiro atoms. The smallest absolute Gasteiger partial charge is 0.191 e. The second kappa shape index (κ2) is 11.4. The minimum atomic E-state index is 0. The minimum Gasteiger partial charge on any atom is -0.356 e.